The Kier molecular flexibility index (Phi) is 4.21. The predicted octanol–water partition coefficient (Wildman–Crippen LogP) is 2.21. The molecule has 2 rings (SSSR count). The molecule has 1 aromatic rings. The van der Waals surface area contributed by atoms with Gasteiger partial charge in [-0.1, -0.05) is 22.4 Å². The summed E-state index contributed by atoms with van der Waals surface area (Å²) in [4.78, 5) is 23.0. The zero-order valence-corrected chi connectivity index (χ0v) is 11.8. The second kappa shape index (κ2) is 5.71. The van der Waals surface area contributed by atoms with Gasteiger partial charge in [0.15, 0.2) is 0 Å². The third-order valence-corrected chi connectivity index (χ3v) is 3.78. The van der Waals surface area contributed by atoms with E-state index in [-0.39, 0.29) is 23.4 Å². The van der Waals surface area contributed by atoms with E-state index in [1.54, 1.807) is 6.07 Å². The molecular weight excluding hydrogens is 312 g/mol. The summed E-state index contributed by atoms with van der Waals surface area (Å²) in [5, 5.41) is 11.7. The molecule has 2 unspecified atom stereocenters. The first-order chi connectivity index (χ1) is 8.97. The van der Waals surface area contributed by atoms with Crippen LogP contribution in [0.4, 0.5) is 5.69 Å². The fraction of sp³-hybridized carbons (Fsp3) is 0.385. The van der Waals surface area contributed by atoms with Crippen molar-refractivity contribution >= 4 is 33.5 Å². The minimum atomic E-state index is -1.03. The monoisotopic (exact) mass is 326 g/mol. The number of benzene rings is 1. The number of carboxylic acid groups (broad SMARTS) is 1. The van der Waals surface area contributed by atoms with E-state index in [2.05, 4.69) is 21.2 Å². The topological polar surface area (TPSA) is 92.4 Å². The summed E-state index contributed by atoms with van der Waals surface area (Å²) in [5.41, 5.74) is 6.47. The zero-order chi connectivity index (χ0) is 14.0. The summed E-state index contributed by atoms with van der Waals surface area (Å²) >= 11 is 3.23. The molecule has 6 heteroatoms. The van der Waals surface area contributed by atoms with Crippen LogP contribution >= 0.6 is 15.9 Å². The van der Waals surface area contributed by atoms with Crippen molar-refractivity contribution < 1.29 is 14.7 Å². The second-order valence-electron chi connectivity index (χ2n) is 4.72. The lowest BCUT2D eigenvalue weighted by Crippen LogP contribution is -2.34. The Morgan fingerprint density at radius 1 is 1.32 bits per heavy atom. The van der Waals surface area contributed by atoms with Crippen LogP contribution in [0.25, 0.3) is 0 Å². The molecular formula is C13H15BrN2O3. The predicted molar refractivity (Wildman–Crippen MR) is 75.0 cm³/mol. The smallest absolute Gasteiger partial charge is 0.335 e. The number of nitrogens with two attached hydrogens (primary N) is 1. The molecule has 1 aliphatic carbocycles. The van der Waals surface area contributed by atoms with Crippen molar-refractivity contribution in [1.29, 1.82) is 0 Å². The average Bonchev–Trinajstić information content (AvgIpc) is 2.74. The maximum Gasteiger partial charge on any atom is 0.335 e. The number of rotatable bonds is 3. The van der Waals surface area contributed by atoms with Crippen molar-refractivity contribution in [2.45, 2.75) is 25.3 Å². The molecule has 1 aliphatic rings. The first-order valence-electron chi connectivity index (χ1n) is 6.07. The van der Waals surface area contributed by atoms with Gasteiger partial charge in [-0.15, -0.1) is 0 Å². The Morgan fingerprint density at radius 2 is 2.05 bits per heavy atom. The molecule has 4 N–H and O–H groups in total. The summed E-state index contributed by atoms with van der Waals surface area (Å²) in [6.07, 6.45) is 2.60. The number of halogens is 1. The van der Waals surface area contributed by atoms with Gasteiger partial charge in [-0.3, -0.25) is 4.79 Å². The van der Waals surface area contributed by atoms with E-state index in [4.69, 9.17) is 10.8 Å². The van der Waals surface area contributed by atoms with E-state index in [1.165, 1.54) is 12.1 Å². The molecule has 1 fully saturated rings. The zero-order valence-electron chi connectivity index (χ0n) is 10.2. The molecule has 0 radical (unpaired) electrons. The van der Waals surface area contributed by atoms with Crippen LogP contribution in [0.2, 0.25) is 0 Å². The van der Waals surface area contributed by atoms with E-state index in [0.29, 0.717) is 10.2 Å². The van der Waals surface area contributed by atoms with E-state index in [1.807, 2.05) is 0 Å². The molecule has 19 heavy (non-hydrogen) atoms. The standard InChI is InChI=1S/C13H15BrN2O3/c14-8-4-7(13(18)19)5-9(6-8)16-12(17)10-2-1-3-11(10)15/h4-6,10-11H,1-3,15H2,(H,16,17)(H,18,19). The van der Waals surface area contributed by atoms with Gasteiger partial charge in [0.2, 0.25) is 5.91 Å². The van der Waals surface area contributed by atoms with Crippen molar-refractivity contribution in [3.05, 3.63) is 28.2 Å². The highest BCUT2D eigenvalue weighted by Gasteiger charge is 2.30. The number of carbonyl (C=O) groups is 2. The molecule has 0 heterocycles. The van der Waals surface area contributed by atoms with Gasteiger partial charge in [-0.25, -0.2) is 4.79 Å². The van der Waals surface area contributed by atoms with Gasteiger partial charge in [0, 0.05) is 16.2 Å². The summed E-state index contributed by atoms with van der Waals surface area (Å²) in [6.45, 7) is 0. The number of hydrogen-bond donors (Lipinski definition) is 3. The van der Waals surface area contributed by atoms with Gasteiger partial charge in [-0.05, 0) is 31.0 Å². The highest BCUT2D eigenvalue weighted by molar-refractivity contribution is 9.10. The van der Waals surface area contributed by atoms with Crippen molar-refractivity contribution in [2.24, 2.45) is 11.7 Å². The third-order valence-electron chi connectivity index (χ3n) is 3.32. The van der Waals surface area contributed by atoms with Crippen molar-refractivity contribution in [2.75, 3.05) is 5.32 Å². The summed E-state index contributed by atoms with van der Waals surface area (Å²) in [6, 6.07) is 4.49. The molecule has 1 saturated carbocycles. The van der Waals surface area contributed by atoms with Gasteiger partial charge >= 0.3 is 5.97 Å². The lowest BCUT2D eigenvalue weighted by molar-refractivity contribution is -0.120. The first-order valence-corrected chi connectivity index (χ1v) is 6.87. The van der Waals surface area contributed by atoms with Crippen LogP contribution < -0.4 is 11.1 Å². The Morgan fingerprint density at radius 3 is 2.63 bits per heavy atom. The van der Waals surface area contributed by atoms with E-state index in [9.17, 15) is 9.59 Å². The van der Waals surface area contributed by atoms with Gasteiger partial charge in [0.25, 0.3) is 0 Å². The first kappa shape index (κ1) is 14.0. The van der Waals surface area contributed by atoms with Crippen molar-refractivity contribution in [3.8, 4) is 0 Å². The molecule has 1 amide bonds. The maximum atomic E-state index is 12.1. The van der Waals surface area contributed by atoms with E-state index >= 15 is 0 Å². The highest BCUT2D eigenvalue weighted by atomic mass is 79.9. The quantitative estimate of drug-likeness (QED) is 0.794. The average molecular weight is 327 g/mol. The van der Waals surface area contributed by atoms with Crippen LogP contribution in [0.3, 0.4) is 0 Å². The molecule has 0 spiro atoms. The van der Waals surface area contributed by atoms with Crippen LogP contribution in [0, 0.1) is 5.92 Å². The number of hydrogen-bond acceptors (Lipinski definition) is 3. The number of carboxylic acids is 1. The lowest BCUT2D eigenvalue weighted by atomic mass is 10.0. The minimum Gasteiger partial charge on any atom is -0.478 e. The normalized spacial score (nSPS) is 22.2. The van der Waals surface area contributed by atoms with E-state index in [0.717, 1.165) is 19.3 Å². The molecule has 5 nitrogen and oxygen atoms in total. The number of amides is 1. The van der Waals surface area contributed by atoms with Crippen LogP contribution in [0.1, 0.15) is 29.6 Å². The fourth-order valence-electron chi connectivity index (χ4n) is 2.33. The van der Waals surface area contributed by atoms with Gasteiger partial charge in [0.1, 0.15) is 0 Å². The molecule has 0 bridgehead atoms. The van der Waals surface area contributed by atoms with Crippen LogP contribution in [0.15, 0.2) is 22.7 Å². The van der Waals surface area contributed by atoms with Crippen LogP contribution in [0.5, 0.6) is 0 Å². The fourth-order valence-corrected chi connectivity index (χ4v) is 2.83. The van der Waals surface area contributed by atoms with Gasteiger partial charge in [-0.2, -0.15) is 0 Å². The SMILES string of the molecule is NC1CCCC1C(=O)Nc1cc(Br)cc(C(=O)O)c1. The molecule has 0 saturated heterocycles. The van der Waals surface area contributed by atoms with Crippen LogP contribution in [-0.2, 0) is 4.79 Å². The molecule has 0 aliphatic heterocycles. The minimum absolute atomic E-state index is 0.105. The summed E-state index contributed by atoms with van der Waals surface area (Å²) < 4.78 is 0.610. The Hall–Kier alpha value is -1.40. The van der Waals surface area contributed by atoms with E-state index < -0.39 is 5.97 Å². The van der Waals surface area contributed by atoms with Gasteiger partial charge < -0.3 is 16.2 Å². The molecule has 2 atom stereocenters. The Balaban J connectivity index is 2.14. The molecule has 1 aromatic carbocycles. The van der Waals surface area contributed by atoms with Crippen molar-refractivity contribution in [3.63, 3.8) is 0 Å². The number of carbonyl (C=O) groups excluding carboxylic acids is 1. The largest absolute Gasteiger partial charge is 0.478 e. The Bertz CT molecular complexity index is 519. The van der Waals surface area contributed by atoms with Crippen molar-refractivity contribution in [1.82, 2.24) is 0 Å². The lowest BCUT2D eigenvalue weighted by Gasteiger charge is -2.15. The Labute approximate surface area is 119 Å². The molecule has 0 aromatic heterocycles. The van der Waals surface area contributed by atoms with Gasteiger partial charge in [0.05, 0.1) is 11.5 Å². The second-order valence-corrected chi connectivity index (χ2v) is 5.64. The number of anilines is 1. The summed E-state index contributed by atoms with van der Waals surface area (Å²) in [5.74, 6) is -1.36. The van der Waals surface area contributed by atoms with Crippen LogP contribution in [-0.4, -0.2) is 23.0 Å². The summed E-state index contributed by atoms with van der Waals surface area (Å²) in [7, 11) is 0. The number of aromatic carboxylic acids is 1. The number of nitrogens with one attached hydrogen (secondary N) is 1. The molecule has 102 valence electrons. The maximum absolute atomic E-state index is 12.1. The highest BCUT2D eigenvalue weighted by Crippen LogP contribution is 2.26. The third kappa shape index (κ3) is 3.33.